The minimum absolute atomic E-state index is 0.0500. The zero-order chi connectivity index (χ0) is 13.9. The minimum atomic E-state index is -4.38. The Hall–Kier alpha value is -1.61. The van der Waals surface area contributed by atoms with Crippen LogP contribution < -0.4 is 5.76 Å². The molecular weight excluding hydrogens is 285 g/mol. The van der Waals surface area contributed by atoms with Gasteiger partial charge in [-0.25, -0.2) is 4.79 Å². The van der Waals surface area contributed by atoms with E-state index in [1.165, 1.54) is 11.3 Å². The largest absolute Gasteiger partial charge is 0.441 e. The van der Waals surface area contributed by atoms with Crippen molar-refractivity contribution in [2.24, 2.45) is 0 Å². The van der Waals surface area contributed by atoms with Gasteiger partial charge >= 0.3 is 11.9 Å². The first kappa shape index (κ1) is 13.8. The third-order valence-electron chi connectivity index (χ3n) is 2.15. The second kappa shape index (κ2) is 5.57. The van der Waals surface area contributed by atoms with Gasteiger partial charge in [0, 0.05) is 0 Å². The van der Waals surface area contributed by atoms with Crippen molar-refractivity contribution in [3.05, 3.63) is 28.1 Å². The highest BCUT2D eigenvalue weighted by molar-refractivity contribution is 7.13. The van der Waals surface area contributed by atoms with Gasteiger partial charge in [-0.15, -0.1) is 11.3 Å². The highest BCUT2D eigenvalue weighted by Gasteiger charge is 2.27. The van der Waals surface area contributed by atoms with Crippen molar-refractivity contribution < 1.29 is 22.4 Å². The normalized spacial score (nSPS) is 11.9. The monoisotopic (exact) mass is 294 g/mol. The van der Waals surface area contributed by atoms with Crippen molar-refractivity contribution >= 4 is 11.3 Å². The van der Waals surface area contributed by atoms with Crippen LogP contribution in [0.2, 0.25) is 0 Å². The van der Waals surface area contributed by atoms with Gasteiger partial charge in [0.25, 0.3) is 0 Å². The summed E-state index contributed by atoms with van der Waals surface area (Å²) in [4.78, 5) is 12.1. The average Bonchev–Trinajstić information content (AvgIpc) is 2.93. The molecule has 5 nitrogen and oxygen atoms in total. The third kappa shape index (κ3) is 3.67. The van der Waals surface area contributed by atoms with Crippen molar-refractivity contribution in [1.82, 2.24) is 9.72 Å². The summed E-state index contributed by atoms with van der Waals surface area (Å²) in [6, 6.07) is 3.50. The Labute approximate surface area is 109 Å². The summed E-state index contributed by atoms with van der Waals surface area (Å²) < 4.78 is 45.7. The number of hydrogen-bond acceptors (Lipinski definition) is 5. The molecule has 0 atom stereocenters. The lowest BCUT2D eigenvalue weighted by Crippen LogP contribution is -2.22. The summed E-state index contributed by atoms with van der Waals surface area (Å²) in [7, 11) is 0. The summed E-state index contributed by atoms with van der Waals surface area (Å²) in [6.07, 6.45) is -4.38. The van der Waals surface area contributed by atoms with Gasteiger partial charge in [-0.1, -0.05) is 11.2 Å². The molecule has 0 aliphatic rings. The Morgan fingerprint density at radius 3 is 2.89 bits per heavy atom. The van der Waals surface area contributed by atoms with Gasteiger partial charge in [-0.2, -0.15) is 13.2 Å². The van der Waals surface area contributed by atoms with Crippen LogP contribution in [0.3, 0.4) is 0 Å². The molecule has 2 aromatic heterocycles. The molecule has 0 radical (unpaired) electrons. The number of thiophene rings is 1. The van der Waals surface area contributed by atoms with Crippen LogP contribution in [0.5, 0.6) is 0 Å². The molecule has 0 bridgehead atoms. The third-order valence-corrected chi connectivity index (χ3v) is 3.02. The van der Waals surface area contributed by atoms with Gasteiger partial charge in [-0.3, -0.25) is 9.09 Å². The fraction of sp³-hybridized carbons (Fsp3) is 0.400. The molecule has 0 saturated carbocycles. The lowest BCUT2D eigenvalue weighted by Gasteiger charge is -2.07. The molecule has 2 heterocycles. The first-order valence-electron chi connectivity index (χ1n) is 5.22. The van der Waals surface area contributed by atoms with Gasteiger partial charge < -0.3 is 4.74 Å². The second-order valence-electron chi connectivity index (χ2n) is 3.57. The predicted molar refractivity (Wildman–Crippen MR) is 61.0 cm³/mol. The highest BCUT2D eigenvalue weighted by atomic mass is 32.1. The number of rotatable bonds is 5. The summed E-state index contributed by atoms with van der Waals surface area (Å²) in [5.74, 6) is -0.436. The van der Waals surface area contributed by atoms with Crippen LogP contribution >= 0.6 is 11.3 Å². The van der Waals surface area contributed by atoms with E-state index in [1.807, 2.05) is 0 Å². The maximum absolute atomic E-state index is 11.9. The van der Waals surface area contributed by atoms with E-state index in [9.17, 15) is 18.0 Å². The Morgan fingerprint density at radius 2 is 2.26 bits per heavy atom. The molecule has 0 aliphatic carbocycles. The van der Waals surface area contributed by atoms with E-state index in [0.717, 1.165) is 4.57 Å². The first-order valence-corrected chi connectivity index (χ1v) is 6.10. The lowest BCUT2D eigenvalue weighted by atomic mass is 10.4. The van der Waals surface area contributed by atoms with Gasteiger partial charge in [0.2, 0.25) is 0 Å². The summed E-state index contributed by atoms with van der Waals surface area (Å²) >= 11 is 1.34. The second-order valence-corrected chi connectivity index (χ2v) is 4.52. The Kier molecular flexibility index (Phi) is 4.05. The Morgan fingerprint density at radius 1 is 1.47 bits per heavy atom. The fourth-order valence-electron chi connectivity index (χ4n) is 1.39. The molecule has 0 spiro atoms. The topological polar surface area (TPSA) is 57.3 Å². The Bertz CT molecular complexity index is 574. The summed E-state index contributed by atoms with van der Waals surface area (Å²) in [6.45, 7) is -1.65. The molecule has 0 aromatic carbocycles. The van der Waals surface area contributed by atoms with Gasteiger partial charge in [0.05, 0.1) is 18.0 Å². The number of hydrogen-bond donors (Lipinski definition) is 0. The molecule has 0 unspecified atom stereocenters. The van der Waals surface area contributed by atoms with E-state index in [4.69, 9.17) is 0 Å². The molecule has 0 saturated heterocycles. The molecule has 2 rings (SSSR count). The van der Waals surface area contributed by atoms with Gasteiger partial charge in [0.1, 0.15) is 6.61 Å². The SMILES string of the molecule is O=c1onc(-c2cccs2)n1CCOCC(F)(F)F. The molecule has 0 fully saturated rings. The van der Waals surface area contributed by atoms with Crippen LogP contribution in [0, 0.1) is 0 Å². The van der Waals surface area contributed by atoms with Crippen LogP contribution in [0.15, 0.2) is 26.8 Å². The van der Waals surface area contributed by atoms with Crippen LogP contribution in [0.1, 0.15) is 0 Å². The van der Waals surface area contributed by atoms with Crippen LogP contribution in [0.25, 0.3) is 10.7 Å². The van der Waals surface area contributed by atoms with E-state index in [-0.39, 0.29) is 19.0 Å². The van der Waals surface area contributed by atoms with E-state index in [1.54, 1.807) is 17.5 Å². The molecule has 0 N–H and O–H groups in total. The maximum atomic E-state index is 11.9. The molecule has 19 heavy (non-hydrogen) atoms. The summed E-state index contributed by atoms with van der Waals surface area (Å²) in [5, 5.41) is 5.38. The maximum Gasteiger partial charge on any atom is 0.441 e. The standard InChI is InChI=1S/C10H9F3N2O3S/c11-10(12,13)6-17-4-3-15-8(14-18-9(15)16)7-2-1-5-19-7/h1-2,5H,3-4,6H2. The number of ether oxygens (including phenoxy) is 1. The summed E-state index contributed by atoms with van der Waals surface area (Å²) in [5.41, 5.74) is 0. The van der Waals surface area contributed by atoms with Crippen molar-refractivity contribution in [1.29, 1.82) is 0 Å². The number of alkyl halides is 3. The first-order chi connectivity index (χ1) is 8.97. The molecule has 2 aromatic rings. The van der Waals surface area contributed by atoms with E-state index >= 15 is 0 Å². The predicted octanol–water partition coefficient (Wildman–Crippen LogP) is 2.14. The zero-order valence-electron chi connectivity index (χ0n) is 9.51. The zero-order valence-corrected chi connectivity index (χ0v) is 10.3. The van der Waals surface area contributed by atoms with Crippen LogP contribution in [-0.2, 0) is 11.3 Å². The smallest absolute Gasteiger partial charge is 0.370 e. The van der Waals surface area contributed by atoms with Crippen molar-refractivity contribution in [3.8, 4) is 10.7 Å². The van der Waals surface area contributed by atoms with Crippen molar-refractivity contribution in [2.75, 3.05) is 13.2 Å². The lowest BCUT2D eigenvalue weighted by molar-refractivity contribution is -0.174. The van der Waals surface area contributed by atoms with E-state index in [2.05, 4.69) is 14.4 Å². The van der Waals surface area contributed by atoms with Gasteiger partial charge in [0.15, 0.2) is 5.82 Å². The van der Waals surface area contributed by atoms with E-state index < -0.39 is 18.5 Å². The van der Waals surface area contributed by atoms with Crippen molar-refractivity contribution in [3.63, 3.8) is 0 Å². The molecule has 0 amide bonds. The number of aromatic nitrogens is 2. The fourth-order valence-corrected chi connectivity index (χ4v) is 2.11. The van der Waals surface area contributed by atoms with Crippen molar-refractivity contribution in [2.45, 2.75) is 12.7 Å². The van der Waals surface area contributed by atoms with Crippen LogP contribution in [-0.4, -0.2) is 29.1 Å². The average molecular weight is 294 g/mol. The molecule has 104 valence electrons. The molecule has 9 heteroatoms. The molecular formula is C10H9F3N2O3S. The van der Waals surface area contributed by atoms with E-state index in [0.29, 0.717) is 4.88 Å². The number of nitrogens with zero attached hydrogens (tertiary/aromatic N) is 2. The minimum Gasteiger partial charge on any atom is -0.370 e. The number of halogens is 3. The highest BCUT2D eigenvalue weighted by Crippen LogP contribution is 2.21. The van der Waals surface area contributed by atoms with Gasteiger partial charge in [-0.05, 0) is 11.4 Å². The quantitative estimate of drug-likeness (QED) is 0.793. The molecule has 0 aliphatic heterocycles. The Balaban J connectivity index is 2.01. The van der Waals surface area contributed by atoms with Crippen LogP contribution in [0.4, 0.5) is 13.2 Å².